The van der Waals surface area contributed by atoms with Gasteiger partial charge in [0.05, 0.1) is 17.1 Å². The molecular weight excluding hydrogens is 468 g/mol. The molecule has 0 unspecified atom stereocenters. The van der Waals surface area contributed by atoms with E-state index >= 15 is 0 Å². The number of fused-ring (bicyclic) bond motifs is 4. The number of ketones is 1. The number of carbonyl (C=O) groups excluding carboxylic acids is 1. The summed E-state index contributed by atoms with van der Waals surface area (Å²) in [4.78, 5) is 13.5. The average Bonchev–Trinajstić information content (AvgIpc) is 3.54. The molecule has 0 radical (unpaired) electrons. The number of rotatable bonds is 3. The molecule has 0 amide bonds. The lowest BCUT2D eigenvalue weighted by atomic mass is 9.41. The molecule has 0 aromatic carbocycles. The highest BCUT2D eigenvalue weighted by molar-refractivity contribution is 5.98. The van der Waals surface area contributed by atoms with Crippen LogP contribution in [-0.2, 0) is 14.3 Å². The van der Waals surface area contributed by atoms with Crippen molar-refractivity contribution in [2.45, 2.75) is 121 Å². The third-order valence-electron chi connectivity index (χ3n) is 12.9. The minimum atomic E-state index is -1.61. The predicted molar refractivity (Wildman–Crippen MR) is 139 cm³/mol. The molecule has 11 atom stereocenters. The van der Waals surface area contributed by atoms with E-state index in [2.05, 4.69) is 20.4 Å². The Hall–Kier alpha value is -1.47. The summed E-state index contributed by atoms with van der Waals surface area (Å²) in [7, 11) is 0. The van der Waals surface area contributed by atoms with Crippen LogP contribution in [0.25, 0.3) is 0 Å². The summed E-state index contributed by atoms with van der Waals surface area (Å²) in [5.74, 6) is 0.543. The van der Waals surface area contributed by atoms with Crippen molar-refractivity contribution in [3.05, 3.63) is 35.6 Å². The maximum absolute atomic E-state index is 13.5. The van der Waals surface area contributed by atoms with Crippen LogP contribution in [0.1, 0.15) is 86.5 Å². The largest absolute Gasteiger partial charge is 0.487 e. The zero-order valence-electron chi connectivity index (χ0n) is 23.3. The summed E-state index contributed by atoms with van der Waals surface area (Å²) >= 11 is 0. The Bertz CT molecular complexity index is 1140. The molecule has 3 N–H and O–H groups in total. The molecule has 6 rings (SSSR count). The van der Waals surface area contributed by atoms with Gasteiger partial charge < -0.3 is 24.8 Å². The van der Waals surface area contributed by atoms with Gasteiger partial charge in [0.2, 0.25) is 0 Å². The first-order valence-electron chi connectivity index (χ1n) is 14.3. The lowest BCUT2D eigenvalue weighted by Gasteiger charge is -2.64. The van der Waals surface area contributed by atoms with Crippen LogP contribution in [0.2, 0.25) is 0 Å². The van der Waals surface area contributed by atoms with Gasteiger partial charge in [0.25, 0.3) is 0 Å². The molecule has 1 spiro atoms. The number of epoxide rings is 1. The van der Waals surface area contributed by atoms with Gasteiger partial charge in [0.1, 0.15) is 28.7 Å². The Morgan fingerprint density at radius 3 is 2.54 bits per heavy atom. The van der Waals surface area contributed by atoms with Crippen LogP contribution < -0.4 is 0 Å². The molecule has 4 fully saturated rings. The van der Waals surface area contributed by atoms with Gasteiger partial charge in [-0.05, 0) is 89.7 Å². The fourth-order valence-electron chi connectivity index (χ4n) is 10.4. The van der Waals surface area contributed by atoms with Crippen LogP contribution in [0.5, 0.6) is 0 Å². The molecule has 0 bridgehead atoms. The summed E-state index contributed by atoms with van der Waals surface area (Å²) in [6, 6.07) is 0. The zero-order valence-corrected chi connectivity index (χ0v) is 23.3. The van der Waals surface area contributed by atoms with Crippen molar-refractivity contribution < 1.29 is 29.6 Å². The van der Waals surface area contributed by atoms with Gasteiger partial charge in [-0.15, -0.1) is 0 Å². The first-order valence-corrected chi connectivity index (χ1v) is 14.3. The second-order valence-electron chi connectivity index (χ2n) is 13.6. The van der Waals surface area contributed by atoms with Crippen LogP contribution in [0.3, 0.4) is 0 Å². The number of hydrogen-bond donors (Lipinski definition) is 3. The maximum atomic E-state index is 13.5. The Morgan fingerprint density at radius 2 is 1.89 bits per heavy atom. The Balaban J connectivity index is 1.42. The lowest BCUT2D eigenvalue weighted by molar-refractivity contribution is -0.289. The molecule has 1 saturated heterocycles. The van der Waals surface area contributed by atoms with Gasteiger partial charge >= 0.3 is 0 Å². The van der Waals surface area contributed by atoms with E-state index in [0.29, 0.717) is 44.3 Å². The molecule has 2 aliphatic heterocycles. The Morgan fingerprint density at radius 1 is 1.19 bits per heavy atom. The van der Waals surface area contributed by atoms with Crippen LogP contribution >= 0.6 is 0 Å². The summed E-state index contributed by atoms with van der Waals surface area (Å²) < 4.78 is 12.6. The monoisotopic (exact) mass is 512 g/mol. The third-order valence-corrected chi connectivity index (χ3v) is 12.9. The second kappa shape index (κ2) is 7.38. The summed E-state index contributed by atoms with van der Waals surface area (Å²) in [6.45, 7) is 15.9. The van der Waals surface area contributed by atoms with E-state index in [4.69, 9.17) is 9.47 Å². The van der Waals surface area contributed by atoms with Crippen molar-refractivity contribution in [3.8, 4) is 0 Å². The van der Waals surface area contributed by atoms with Gasteiger partial charge in [-0.3, -0.25) is 4.79 Å². The van der Waals surface area contributed by atoms with E-state index in [1.165, 1.54) is 0 Å². The van der Waals surface area contributed by atoms with E-state index in [1.807, 2.05) is 26.8 Å². The summed E-state index contributed by atoms with van der Waals surface area (Å²) in [5.41, 5.74) is -4.43. The lowest BCUT2D eigenvalue weighted by Crippen LogP contribution is -2.74. The van der Waals surface area contributed by atoms with Crippen LogP contribution in [0.4, 0.5) is 0 Å². The maximum Gasteiger partial charge on any atom is 0.164 e. The standard InChI is InChI=1S/C31H44O6/c1-8-28-12-11-21-22(16-25-31(37-25)18(3)9-10-23(32)26(21,31)6)29(28,34)13-14-30(28,35)27(7,33)24-15-17(2)19(4)20(5)36-24/h9-10,18,21-22,24-25,33-35H,5,8,11-16H2,1-4,6-7H3/t18-,21+,22-,24-,25-,26+,27+,28+,29-,30-,31-/m1/s1. The topological polar surface area (TPSA) is 99.5 Å². The average molecular weight is 513 g/mol. The van der Waals surface area contributed by atoms with Crippen LogP contribution in [-0.4, -0.2) is 55.7 Å². The minimum absolute atomic E-state index is 0.0401. The van der Waals surface area contributed by atoms with Gasteiger partial charge in [-0.25, -0.2) is 0 Å². The molecule has 0 aromatic heterocycles. The highest BCUT2D eigenvalue weighted by Crippen LogP contribution is 2.76. The molecule has 4 aliphatic carbocycles. The van der Waals surface area contributed by atoms with Crippen molar-refractivity contribution in [2.75, 3.05) is 0 Å². The molecular formula is C31H44O6. The van der Waals surface area contributed by atoms with Crippen LogP contribution in [0, 0.1) is 28.6 Å². The number of hydrogen-bond acceptors (Lipinski definition) is 6. The highest BCUT2D eigenvalue weighted by atomic mass is 16.6. The van der Waals surface area contributed by atoms with Crippen LogP contribution in [0.15, 0.2) is 35.6 Å². The predicted octanol–water partition coefficient (Wildman–Crippen LogP) is 4.38. The molecule has 6 heteroatoms. The van der Waals surface area contributed by atoms with Gasteiger partial charge in [0.15, 0.2) is 5.78 Å². The zero-order chi connectivity index (χ0) is 27.0. The normalized spacial score (nSPS) is 54.0. The van der Waals surface area contributed by atoms with E-state index in [9.17, 15) is 20.1 Å². The first-order chi connectivity index (χ1) is 17.2. The number of ether oxygens (including phenoxy) is 2. The van der Waals surface area contributed by atoms with E-state index in [0.717, 1.165) is 11.1 Å². The van der Waals surface area contributed by atoms with Crippen molar-refractivity contribution in [1.29, 1.82) is 0 Å². The third kappa shape index (κ3) is 2.60. The van der Waals surface area contributed by atoms with E-state index in [-0.39, 0.29) is 36.1 Å². The SMILES string of the molecule is C=C1O[C@@H]([C@](C)(O)[C@]2(O)CC[C@@]3(O)[C@@H]4C[C@H]5O[C@]56[C@H](C)C=CC(=O)[C@]6(C)[C@H]4CC[C@]23CC)CC(C)=C1C. The molecule has 3 saturated carbocycles. The summed E-state index contributed by atoms with van der Waals surface area (Å²) in [6.07, 6.45) is 6.58. The Labute approximate surface area is 220 Å². The molecule has 204 valence electrons. The summed E-state index contributed by atoms with van der Waals surface area (Å²) in [5, 5.41) is 37.6. The molecule has 6 aliphatic rings. The van der Waals surface area contributed by atoms with Crippen molar-refractivity contribution in [2.24, 2.45) is 28.6 Å². The van der Waals surface area contributed by atoms with Crippen molar-refractivity contribution in [3.63, 3.8) is 0 Å². The van der Waals surface area contributed by atoms with E-state index in [1.54, 1.807) is 13.0 Å². The molecule has 37 heavy (non-hydrogen) atoms. The first kappa shape index (κ1) is 25.8. The van der Waals surface area contributed by atoms with Crippen molar-refractivity contribution >= 4 is 5.78 Å². The van der Waals surface area contributed by atoms with Gasteiger partial charge in [0, 0.05) is 17.8 Å². The second-order valence-corrected chi connectivity index (χ2v) is 13.6. The fourth-order valence-corrected chi connectivity index (χ4v) is 10.4. The molecule has 2 heterocycles. The molecule has 0 aromatic rings. The quantitative estimate of drug-likeness (QED) is 0.486. The Kier molecular flexibility index (Phi) is 5.14. The van der Waals surface area contributed by atoms with E-state index < -0.39 is 39.3 Å². The minimum Gasteiger partial charge on any atom is -0.487 e. The number of aliphatic hydroxyl groups is 3. The fraction of sp³-hybridized carbons (Fsp3) is 0.774. The molecule has 6 nitrogen and oxygen atoms in total. The number of allylic oxidation sites excluding steroid dienone is 2. The number of carbonyl (C=O) groups is 1. The van der Waals surface area contributed by atoms with Gasteiger partial charge in [-0.2, -0.15) is 0 Å². The highest BCUT2D eigenvalue weighted by Gasteiger charge is 2.84. The smallest absolute Gasteiger partial charge is 0.164 e. The van der Waals surface area contributed by atoms with Gasteiger partial charge in [-0.1, -0.05) is 32.1 Å². The van der Waals surface area contributed by atoms with Crippen molar-refractivity contribution in [1.82, 2.24) is 0 Å².